The first kappa shape index (κ1) is 17.0. The van der Waals surface area contributed by atoms with E-state index in [1.54, 1.807) is 0 Å². The van der Waals surface area contributed by atoms with Gasteiger partial charge in [-0.2, -0.15) is 0 Å². The van der Waals surface area contributed by atoms with E-state index in [4.69, 9.17) is 4.74 Å². The fourth-order valence-corrected chi connectivity index (χ4v) is 6.94. The fourth-order valence-electron chi connectivity index (χ4n) is 6.94. The first-order valence-corrected chi connectivity index (χ1v) is 10.7. The van der Waals surface area contributed by atoms with E-state index in [-0.39, 0.29) is 17.4 Å². The highest BCUT2D eigenvalue weighted by molar-refractivity contribution is 5.88. The third-order valence-corrected chi connectivity index (χ3v) is 8.03. The Morgan fingerprint density at radius 3 is 2.50 bits per heavy atom. The van der Waals surface area contributed by atoms with Crippen molar-refractivity contribution in [3.8, 4) is 0 Å². The van der Waals surface area contributed by atoms with Crippen LogP contribution in [-0.4, -0.2) is 49.1 Å². The van der Waals surface area contributed by atoms with E-state index in [1.807, 2.05) is 0 Å². The molecular weight excluding hydrogens is 328 g/mol. The number of carbonyl (C=O) groups excluding carboxylic acids is 2. The van der Waals surface area contributed by atoms with Crippen LogP contribution in [-0.2, 0) is 14.3 Å². The van der Waals surface area contributed by atoms with Crippen molar-refractivity contribution in [3.63, 3.8) is 0 Å². The van der Waals surface area contributed by atoms with Crippen LogP contribution in [0, 0.1) is 35.0 Å². The van der Waals surface area contributed by atoms with Crippen molar-refractivity contribution in [2.75, 3.05) is 26.3 Å². The van der Waals surface area contributed by atoms with Crippen LogP contribution >= 0.6 is 0 Å². The van der Waals surface area contributed by atoms with Gasteiger partial charge in [0.2, 0.25) is 11.8 Å². The zero-order valence-electron chi connectivity index (χ0n) is 15.9. The summed E-state index contributed by atoms with van der Waals surface area (Å²) in [5.41, 5.74) is 0.0262. The number of ether oxygens (including phenoxy) is 1. The lowest BCUT2D eigenvalue weighted by Crippen LogP contribution is -2.54. The number of carbonyl (C=O) groups is 2. The van der Waals surface area contributed by atoms with E-state index in [0.29, 0.717) is 42.5 Å². The van der Waals surface area contributed by atoms with Crippen LogP contribution < -0.4 is 5.32 Å². The van der Waals surface area contributed by atoms with E-state index in [0.717, 1.165) is 51.4 Å². The molecule has 5 nitrogen and oxygen atoms in total. The molecule has 4 aliphatic carbocycles. The maximum absolute atomic E-state index is 13.3. The lowest BCUT2D eigenvalue weighted by molar-refractivity contribution is -0.140. The van der Waals surface area contributed by atoms with Crippen molar-refractivity contribution in [1.29, 1.82) is 0 Å². The molecule has 2 heterocycles. The molecule has 0 aromatic rings. The van der Waals surface area contributed by atoms with E-state index in [2.05, 4.69) is 17.1 Å². The van der Waals surface area contributed by atoms with Crippen LogP contribution in [0.3, 0.4) is 0 Å². The summed E-state index contributed by atoms with van der Waals surface area (Å²) < 4.78 is 5.38. The van der Waals surface area contributed by atoms with Gasteiger partial charge in [-0.05, 0) is 68.1 Å². The van der Waals surface area contributed by atoms with Gasteiger partial charge >= 0.3 is 0 Å². The second-order valence-electron chi connectivity index (χ2n) is 9.87. The summed E-state index contributed by atoms with van der Waals surface area (Å²) in [4.78, 5) is 27.9. The van der Waals surface area contributed by atoms with Crippen LogP contribution in [0.4, 0.5) is 0 Å². The first-order valence-electron chi connectivity index (χ1n) is 10.7. The molecule has 6 fully saturated rings. The Labute approximate surface area is 156 Å². The monoisotopic (exact) mass is 360 g/mol. The molecule has 0 spiro atoms. The maximum Gasteiger partial charge on any atom is 0.229 e. The lowest BCUT2D eigenvalue weighted by Gasteiger charge is -2.38. The van der Waals surface area contributed by atoms with Gasteiger partial charge in [-0.25, -0.2) is 0 Å². The van der Waals surface area contributed by atoms with E-state index >= 15 is 0 Å². The average Bonchev–Trinajstić information content (AvgIpc) is 3.04. The summed E-state index contributed by atoms with van der Waals surface area (Å²) in [6.07, 6.45) is 7.32. The predicted molar refractivity (Wildman–Crippen MR) is 97.2 cm³/mol. The van der Waals surface area contributed by atoms with E-state index in [1.165, 1.54) is 12.8 Å². The summed E-state index contributed by atoms with van der Waals surface area (Å²) in [6, 6.07) is 0.125. The van der Waals surface area contributed by atoms with Crippen molar-refractivity contribution in [3.05, 3.63) is 0 Å². The zero-order chi connectivity index (χ0) is 17.9. The number of hydrogen-bond donors (Lipinski definition) is 1. The second-order valence-corrected chi connectivity index (χ2v) is 9.87. The molecule has 0 aromatic carbocycles. The molecule has 4 atom stereocenters. The van der Waals surface area contributed by atoms with E-state index < -0.39 is 0 Å². The Balaban J connectivity index is 1.18. The van der Waals surface area contributed by atoms with Crippen LogP contribution in [0.2, 0.25) is 0 Å². The minimum absolute atomic E-state index is 0.0262. The van der Waals surface area contributed by atoms with Gasteiger partial charge in [-0.15, -0.1) is 0 Å². The van der Waals surface area contributed by atoms with Crippen molar-refractivity contribution in [2.45, 2.75) is 57.9 Å². The molecule has 2 saturated heterocycles. The Kier molecular flexibility index (Phi) is 4.07. The predicted octanol–water partition coefficient (Wildman–Crippen LogP) is 2.20. The first-order chi connectivity index (χ1) is 12.6. The third-order valence-electron chi connectivity index (χ3n) is 8.03. The van der Waals surface area contributed by atoms with Crippen molar-refractivity contribution in [2.24, 2.45) is 35.0 Å². The quantitative estimate of drug-likeness (QED) is 0.836. The molecule has 0 aromatic heterocycles. The average molecular weight is 360 g/mol. The number of nitrogens with one attached hydrogen (secondary N) is 1. The Hall–Kier alpha value is -1.10. The minimum atomic E-state index is 0.0262. The summed E-state index contributed by atoms with van der Waals surface area (Å²) in [6.45, 7) is 5.37. The van der Waals surface area contributed by atoms with Crippen LogP contribution in [0.15, 0.2) is 0 Å². The van der Waals surface area contributed by atoms with Gasteiger partial charge < -0.3 is 15.0 Å². The minimum Gasteiger partial charge on any atom is -0.381 e. The fraction of sp³-hybridized carbons (Fsp3) is 0.905. The molecule has 4 saturated carbocycles. The second kappa shape index (κ2) is 6.22. The number of amides is 2. The number of likely N-dealkylation sites (tertiary alicyclic amines) is 1. The molecule has 144 valence electrons. The van der Waals surface area contributed by atoms with Gasteiger partial charge in [0, 0.05) is 38.8 Å². The smallest absolute Gasteiger partial charge is 0.229 e. The largest absolute Gasteiger partial charge is 0.381 e. The van der Waals surface area contributed by atoms with Gasteiger partial charge in [-0.3, -0.25) is 9.59 Å². The van der Waals surface area contributed by atoms with Gasteiger partial charge in [0.05, 0.1) is 5.41 Å². The molecule has 2 amide bonds. The number of piperidine rings is 1. The van der Waals surface area contributed by atoms with Crippen molar-refractivity contribution in [1.82, 2.24) is 10.2 Å². The molecule has 4 bridgehead atoms. The maximum atomic E-state index is 13.3. The number of hydrogen-bond acceptors (Lipinski definition) is 3. The highest BCUT2D eigenvalue weighted by Gasteiger charge is 2.78. The summed E-state index contributed by atoms with van der Waals surface area (Å²) >= 11 is 0. The van der Waals surface area contributed by atoms with Crippen molar-refractivity contribution >= 4 is 11.8 Å². The normalized spacial score (nSPS) is 44.2. The molecule has 6 aliphatic rings. The molecule has 6 rings (SSSR count). The summed E-state index contributed by atoms with van der Waals surface area (Å²) in [5.74, 6) is 3.71. The van der Waals surface area contributed by atoms with Gasteiger partial charge in [-0.1, -0.05) is 6.92 Å². The Morgan fingerprint density at radius 1 is 1.12 bits per heavy atom. The highest BCUT2D eigenvalue weighted by atomic mass is 16.5. The van der Waals surface area contributed by atoms with E-state index in [9.17, 15) is 9.59 Å². The molecule has 26 heavy (non-hydrogen) atoms. The SMILES string of the molecule is C[C@@H]1C[C@@H](NC(=O)CC2CCOCC2)CN(C(=O)C23CC4CC2C3C4)C1. The Morgan fingerprint density at radius 2 is 1.85 bits per heavy atom. The molecule has 2 unspecified atom stereocenters. The van der Waals surface area contributed by atoms with Crippen LogP contribution in [0.5, 0.6) is 0 Å². The standard InChI is InChI=1S/C21H32N2O3/c1-13-6-16(22-19(24)9-14-2-4-26-5-3-14)12-23(11-13)20(25)21-10-15-7-17(21)18(21)8-15/h13-18H,2-12H2,1H3,(H,22,24)/t13-,15?,16-,17?,18?,21?/m1/s1. The molecule has 0 radical (unpaired) electrons. The highest BCUT2D eigenvalue weighted by Crippen LogP contribution is 2.79. The number of nitrogens with zero attached hydrogens (tertiary/aromatic N) is 1. The van der Waals surface area contributed by atoms with Crippen LogP contribution in [0.1, 0.15) is 51.9 Å². The van der Waals surface area contributed by atoms with Crippen LogP contribution in [0.25, 0.3) is 0 Å². The zero-order valence-corrected chi connectivity index (χ0v) is 15.9. The lowest BCUT2D eigenvalue weighted by atomic mass is 9.92. The third kappa shape index (κ3) is 2.69. The van der Waals surface area contributed by atoms with Gasteiger partial charge in [0.1, 0.15) is 0 Å². The molecule has 5 heteroatoms. The molecular formula is C21H32N2O3. The Bertz CT molecular complexity index is 588. The summed E-state index contributed by atoms with van der Waals surface area (Å²) in [5, 5.41) is 3.25. The van der Waals surface area contributed by atoms with Crippen molar-refractivity contribution < 1.29 is 14.3 Å². The van der Waals surface area contributed by atoms with Gasteiger partial charge in [0.15, 0.2) is 0 Å². The summed E-state index contributed by atoms with van der Waals surface area (Å²) in [7, 11) is 0. The van der Waals surface area contributed by atoms with Gasteiger partial charge in [0.25, 0.3) is 0 Å². The molecule has 2 aliphatic heterocycles. The topological polar surface area (TPSA) is 58.6 Å². The molecule has 1 N–H and O–H groups in total. The number of rotatable bonds is 4.